The van der Waals surface area contributed by atoms with Gasteiger partial charge in [-0.15, -0.1) is 21.5 Å². The van der Waals surface area contributed by atoms with E-state index in [2.05, 4.69) is 43.2 Å². The molecule has 0 amide bonds. The van der Waals surface area contributed by atoms with Crippen LogP contribution in [0.5, 0.6) is 0 Å². The first-order valence-electron chi connectivity index (χ1n) is 6.50. The molecule has 1 atom stereocenters. The number of nitrogens with zero attached hydrogens (tertiary/aromatic N) is 2. The third kappa shape index (κ3) is 4.03. The molecular weight excluding hydrogens is 230 g/mol. The minimum Gasteiger partial charge on any atom is -0.308 e. The van der Waals surface area contributed by atoms with Crippen molar-refractivity contribution in [3.63, 3.8) is 0 Å². The summed E-state index contributed by atoms with van der Waals surface area (Å²) in [7, 11) is 0. The van der Waals surface area contributed by atoms with Crippen molar-refractivity contribution in [3.8, 4) is 0 Å². The molecule has 0 aromatic carbocycles. The first kappa shape index (κ1) is 13.0. The lowest BCUT2D eigenvalue weighted by Crippen LogP contribution is -2.19. The van der Waals surface area contributed by atoms with Crippen LogP contribution < -0.4 is 5.32 Å². The molecule has 0 bridgehead atoms. The molecule has 0 aliphatic heterocycles. The molecule has 1 aromatic heterocycles. The largest absolute Gasteiger partial charge is 0.308 e. The molecule has 0 saturated heterocycles. The summed E-state index contributed by atoms with van der Waals surface area (Å²) in [5.74, 6) is 0.639. The summed E-state index contributed by atoms with van der Waals surface area (Å²) in [6.07, 6.45) is 3.70. The first-order chi connectivity index (χ1) is 7.95. The topological polar surface area (TPSA) is 37.8 Å². The maximum Gasteiger partial charge on any atom is 0.131 e. The molecule has 96 valence electrons. The Morgan fingerprint density at radius 1 is 1.29 bits per heavy atom. The zero-order valence-electron chi connectivity index (χ0n) is 11.3. The standard InChI is InChI=1S/C13H23N3S/c1-9(13(2,3)4)7-11-15-16-12(17-11)8-14-10-5-6-10/h9-10,14H,5-8H2,1-4H3. The molecule has 0 radical (unpaired) electrons. The molecule has 1 aliphatic carbocycles. The van der Waals surface area contributed by atoms with Gasteiger partial charge in [0, 0.05) is 19.0 Å². The zero-order valence-corrected chi connectivity index (χ0v) is 12.1. The highest BCUT2D eigenvalue weighted by atomic mass is 32.1. The summed E-state index contributed by atoms with van der Waals surface area (Å²) in [5.41, 5.74) is 0.345. The van der Waals surface area contributed by atoms with Crippen molar-refractivity contribution in [3.05, 3.63) is 10.0 Å². The van der Waals surface area contributed by atoms with Crippen LogP contribution in [0.25, 0.3) is 0 Å². The quantitative estimate of drug-likeness (QED) is 0.876. The molecule has 2 rings (SSSR count). The second-order valence-corrected chi connectivity index (χ2v) is 7.36. The van der Waals surface area contributed by atoms with E-state index in [9.17, 15) is 0 Å². The summed E-state index contributed by atoms with van der Waals surface area (Å²) < 4.78 is 0. The van der Waals surface area contributed by atoms with Gasteiger partial charge in [0.2, 0.25) is 0 Å². The van der Waals surface area contributed by atoms with Crippen molar-refractivity contribution in [2.45, 2.75) is 59.5 Å². The summed E-state index contributed by atoms with van der Waals surface area (Å²) in [4.78, 5) is 0. The maximum atomic E-state index is 4.30. The first-order valence-corrected chi connectivity index (χ1v) is 7.31. The van der Waals surface area contributed by atoms with Crippen LogP contribution in [0.2, 0.25) is 0 Å². The van der Waals surface area contributed by atoms with Gasteiger partial charge < -0.3 is 5.32 Å². The molecule has 1 aliphatic rings. The third-order valence-electron chi connectivity index (χ3n) is 3.59. The van der Waals surface area contributed by atoms with Crippen molar-refractivity contribution in [2.24, 2.45) is 11.3 Å². The van der Waals surface area contributed by atoms with Gasteiger partial charge in [0.15, 0.2) is 0 Å². The Labute approximate surface area is 108 Å². The van der Waals surface area contributed by atoms with Crippen LogP contribution in [0.15, 0.2) is 0 Å². The van der Waals surface area contributed by atoms with Gasteiger partial charge in [-0.25, -0.2) is 0 Å². The molecule has 1 unspecified atom stereocenters. The highest BCUT2D eigenvalue weighted by Gasteiger charge is 2.23. The van der Waals surface area contributed by atoms with Crippen LogP contribution in [0.3, 0.4) is 0 Å². The van der Waals surface area contributed by atoms with Gasteiger partial charge >= 0.3 is 0 Å². The number of nitrogens with one attached hydrogen (secondary N) is 1. The highest BCUT2D eigenvalue weighted by Crippen LogP contribution is 2.29. The Kier molecular flexibility index (Phi) is 3.83. The van der Waals surface area contributed by atoms with E-state index in [1.165, 1.54) is 17.8 Å². The highest BCUT2D eigenvalue weighted by molar-refractivity contribution is 7.11. The molecule has 1 fully saturated rings. The average Bonchev–Trinajstić information content (AvgIpc) is 2.95. The average molecular weight is 253 g/mol. The van der Waals surface area contributed by atoms with Crippen molar-refractivity contribution in [1.82, 2.24) is 15.5 Å². The maximum absolute atomic E-state index is 4.30. The summed E-state index contributed by atoms with van der Waals surface area (Å²) >= 11 is 1.76. The summed E-state index contributed by atoms with van der Waals surface area (Å²) in [6, 6.07) is 0.746. The molecule has 3 nitrogen and oxygen atoms in total. The molecule has 17 heavy (non-hydrogen) atoms. The van der Waals surface area contributed by atoms with E-state index >= 15 is 0 Å². The Hall–Kier alpha value is -0.480. The smallest absolute Gasteiger partial charge is 0.131 e. The Morgan fingerprint density at radius 3 is 2.53 bits per heavy atom. The van der Waals surface area contributed by atoms with Gasteiger partial charge in [0.05, 0.1) is 0 Å². The molecule has 1 N–H and O–H groups in total. The fourth-order valence-electron chi connectivity index (χ4n) is 1.53. The number of hydrogen-bond donors (Lipinski definition) is 1. The van der Waals surface area contributed by atoms with E-state index in [0.717, 1.165) is 24.0 Å². The van der Waals surface area contributed by atoms with E-state index in [4.69, 9.17) is 0 Å². The van der Waals surface area contributed by atoms with Crippen LogP contribution in [-0.4, -0.2) is 16.2 Å². The minimum absolute atomic E-state index is 0.345. The molecule has 4 heteroatoms. The number of hydrogen-bond acceptors (Lipinski definition) is 4. The van der Waals surface area contributed by atoms with Crippen LogP contribution in [0.4, 0.5) is 0 Å². The van der Waals surface area contributed by atoms with Gasteiger partial charge in [0.1, 0.15) is 10.0 Å². The normalized spacial score (nSPS) is 18.4. The predicted octanol–water partition coefficient (Wildman–Crippen LogP) is 3.01. The van der Waals surface area contributed by atoms with Gasteiger partial charge in [-0.1, -0.05) is 27.7 Å². The van der Waals surface area contributed by atoms with Crippen molar-refractivity contribution >= 4 is 11.3 Å². The summed E-state index contributed by atoms with van der Waals surface area (Å²) in [6.45, 7) is 10.0. The second kappa shape index (κ2) is 5.02. The monoisotopic (exact) mass is 253 g/mol. The van der Waals surface area contributed by atoms with Gasteiger partial charge in [-0.2, -0.15) is 0 Å². The molecular formula is C13H23N3S. The van der Waals surface area contributed by atoms with E-state index in [1.54, 1.807) is 11.3 Å². The molecule has 1 aromatic rings. The van der Waals surface area contributed by atoms with Crippen molar-refractivity contribution in [2.75, 3.05) is 0 Å². The Balaban J connectivity index is 1.84. The van der Waals surface area contributed by atoms with Crippen molar-refractivity contribution < 1.29 is 0 Å². The van der Waals surface area contributed by atoms with Crippen LogP contribution in [0.1, 0.15) is 50.6 Å². The lowest BCUT2D eigenvalue weighted by atomic mass is 9.80. The SMILES string of the molecule is CC(Cc1nnc(CNC2CC2)s1)C(C)(C)C. The van der Waals surface area contributed by atoms with E-state index in [-0.39, 0.29) is 0 Å². The third-order valence-corrected chi connectivity index (χ3v) is 4.53. The minimum atomic E-state index is 0.345. The number of aromatic nitrogens is 2. The Bertz CT molecular complexity index is 363. The van der Waals surface area contributed by atoms with Crippen LogP contribution >= 0.6 is 11.3 Å². The predicted molar refractivity (Wildman–Crippen MR) is 72.1 cm³/mol. The van der Waals surface area contributed by atoms with E-state index < -0.39 is 0 Å². The van der Waals surface area contributed by atoms with Crippen LogP contribution in [-0.2, 0) is 13.0 Å². The van der Waals surface area contributed by atoms with Crippen molar-refractivity contribution in [1.29, 1.82) is 0 Å². The molecule has 1 saturated carbocycles. The van der Waals surface area contributed by atoms with Gasteiger partial charge in [-0.3, -0.25) is 0 Å². The van der Waals surface area contributed by atoms with Gasteiger partial charge in [-0.05, 0) is 24.2 Å². The lowest BCUT2D eigenvalue weighted by molar-refractivity contribution is 0.259. The van der Waals surface area contributed by atoms with Gasteiger partial charge in [0.25, 0.3) is 0 Å². The van der Waals surface area contributed by atoms with Crippen LogP contribution in [0, 0.1) is 11.3 Å². The number of rotatable bonds is 5. The second-order valence-electron chi connectivity index (χ2n) is 6.22. The van der Waals surface area contributed by atoms with E-state index in [0.29, 0.717) is 11.3 Å². The molecule has 1 heterocycles. The lowest BCUT2D eigenvalue weighted by Gasteiger charge is -2.26. The summed E-state index contributed by atoms with van der Waals surface area (Å²) in [5, 5.41) is 14.3. The Morgan fingerprint density at radius 2 is 1.94 bits per heavy atom. The fourth-order valence-corrected chi connectivity index (χ4v) is 2.45. The zero-order chi connectivity index (χ0) is 12.5. The molecule has 0 spiro atoms. The fraction of sp³-hybridized carbons (Fsp3) is 0.846. The van der Waals surface area contributed by atoms with E-state index in [1.807, 2.05) is 0 Å².